The third-order valence-electron chi connectivity index (χ3n) is 2.50. The van der Waals surface area contributed by atoms with Gasteiger partial charge in [0.15, 0.2) is 23.3 Å². The molecule has 2 amide bonds. The lowest BCUT2D eigenvalue weighted by Crippen LogP contribution is -2.52. The molecule has 0 unspecified atom stereocenters. The molecule has 9 heteroatoms. The first-order valence-corrected chi connectivity index (χ1v) is 4.93. The van der Waals surface area contributed by atoms with Gasteiger partial charge in [-0.1, -0.05) is 0 Å². The highest BCUT2D eigenvalue weighted by molar-refractivity contribution is 6.04. The van der Waals surface area contributed by atoms with Crippen molar-refractivity contribution >= 4 is 17.5 Å². The maximum Gasteiger partial charge on any atom is 0.247 e. The molecule has 2 rings (SSSR count). The fourth-order valence-electron chi connectivity index (χ4n) is 1.59. The first-order chi connectivity index (χ1) is 8.84. The number of rotatable bonds is 1. The van der Waals surface area contributed by atoms with Gasteiger partial charge in [0.1, 0.15) is 12.2 Å². The summed E-state index contributed by atoms with van der Waals surface area (Å²) in [4.78, 5) is 22.6. The van der Waals surface area contributed by atoms with E-state index in [2.05, 4.69) is 5.32 Å². The molecule has 4 nitrogen and oxygen atoms in total. The van der Waals surface area contributed by atoms with Crippen LogP contribution in [0.5, 0.6) is 0 Å². The van der Waals surface area contributed by atoms with Gasteiger partial charge < -0.3 is 5.32 Å². The molecule has 0 radical (unpaired) electrons. The molecule has 0 saturated carbocycles. The number of carbonyl (C=O) groups is 2. The van der Waals surface area contributed by atoms with E-state index in [0.717, 1.165) is 0 Å². The number of hydrogen-bond donors (Lipinski definition) is 1. The Morgan fingerprint density at radius 3 is 1.84 bits per heavy atom. The van der Waals surface area contributed by atoms with Crippen LogP contribution < -0.4 is 10.2 Å². The number of benzene rings is 1. The van der Waals surface area contributed by atoms with Crippen molar-refractivity contribution < 1.29 is 31.5 Å². The predicted octanol–water partition coefficient (Wildman–Crippen LogP) is 0.845. The number of carbonyl (C=O) groups excluding carboxylic acids is 2. The second-order valence-electron chi connectivity index (χ2n) is 3.68. The van der Waals surface area contributed by atoms with Crippen molar-refractivity contribution in [1.29, 1.82) is 0 Å². The Balaban J connectivity index is 2.62. The molecule has 19 heavy (non-hydrogen) atoms. The molecule has 0 aromatic heterocycles. The fourth-order valence-corrected chi connectivity index (χ4v) is 1.59. The summed E-state index contributed by atoms with van der Waals surface area (Å²) in [5.41, 5.74) is -1.42. The number of piperazine rings is 1. The summed E-state index contributed by atoms with van der Waals surface area (Å²) >= 11 is 0. The molecule has 0 bridgehead atoms. The van der Waals surface area contributed by atoms with E-state index in [1.165, 1.54) is 0 Å². The van der Waals surface area contributed by atoms with Crippen molar-refractivity contribution in [3.8, 4) is 0 Å². The lowest BCUT2D eigenvalue weighted by atomic mass is 10.2. The Kier molecular flexibility index (Phi) is 3.13. The molecule has 1 heterocycles. The van der Waals surface area contributed by atoms with E-state index < -0.39 is 59.7 Å². The van der Waals surface area contributed by atoms with E-state index >= 15 is 0 Å². The molecule has 1 fully saturated rings. The molecule has 1 saturated heterocycles. The number of anilines is 1. The van der Waals surface area contributed by atoms with E-state index in [1.54, 1.807) is 0 Å². The van der Waals surface area contributed by atoms with E-state index in [1.807, 2.05) is 0 Å². The largest absolute Gasteiger partial charge is 0.345 e. The van der Waals surface area contributed by atoms with Gasteiger partial charge in [0.05, 0.1) is 6.54 Å². The SMILES string of the molecule is O=C1CN(c2c(F)c(F)c(F)c(F)c2F)C(=O)CN1. The highest BCUT2D eigenvalue weighted by Crippen LogP contribution is 2.30. The van der Waals surface area contributed by atoms with Crippen LogP contribution in [0.1, 0.15) is 0 Å². The molecule has 1 aliphatic heterocycles. The van der Waals surface area contributed by atoms with E-state index in [0.29, 0.717) is 0 Å². The summed E-state index contributed by atoms with van der Waals surface area (Å²) in [6.07, 6.45) is 0. The van der Waals surface area contributed by atoms with Crippen LogP contribution in [0.3, 0.4) is 0 Å². The predicted molar refractivity (Wildman–Crippen MR) is 51.6 cm³/mol. The molecule has 102 valence electrons. The second kappa shape index (κ2) is 4.48. The molecule has 1 N–H and O–H groups in total. The van der Waals surface area contributed by atoms with Crippen LogP contribution in [0.15, 0.2) is 0 Å². The summed E-state index contributed by atoms with van der Waals surface area (Å²) in [7, 11) is 0. The maximum atomic E-state index is 13.4. The van der Waals surface area contributed by atoms with Crippen molar-refractivity contribution in [2.45, 2.75) is 0 Å². The van der Waals surface area contributed by atoms with Crippen LogP contribution in [0.25, 0.3) is 0 Å². The monoisotopic (exact) mass is 280 g/mol. The van der Waals surface area contributed by atoms with Crippen LogP contribution in [0.4, 0.5) is 27.6 Å². The van der Waals surface area contributed by atoms with Gasteiger partial charge in [-0.3, -0.25) is 14.5 Å². The second-order valence-corrected chi connectivity index (χ2v) is 3.68. The zero-order chi connectivity index (χ0) is 14.3. The van der Waals surface area contributed by atoms with Gasteiger partial charge in [-0.05, 0) is 0 Å². The summed E-state index contributed by atoms with van der Waals surface area (Å²) in [5.74, 6) is -12.7. The van der Waals surface area contributed by atoms with Crippen molar-refractivity contribution in [2.75, 3.05) is 18.0 Å². The molecular formula is C10H5F5N2O2. The Labute approximate surface area is 102 Å². The van der Waals surface area contributed by atoms with Gasteiger partial charge in [-0.2, -0.15) is 0 Å². The number of hydrogen-bond acceptors (Lipinski definition) is 2. The van der Waals surface area contributed by atoms with Crippen LogP contribution in [-0.2, 0) is 9.59 Å². The summed E-state index contributed by atoms with van der Waals surface area (Å²) in [6, 6.07) is 0. The normalized spacial score (nSPS) is 15.7. The zero-order valence-corrected chi connectivity index (χ0v) is 9.07. The molecular weight excluding hydrogens is 275 g/mol. The van der Waals surface area contributed by atoms with E-state index in [9.17, 15) is 31.5 Å². The molecule has 0 spiro atoms. The number of nitrogens with zero attached hydrogens (tertiary/aromatic N) is 1. The van der Waals surface area contributed by atoms with Gasteiger partial charge in [-0.15, -0.1) is 0 Å². The Morgan fingerprint density at radius 2 is 1.32 bits per heavy atom. The van der Waals surface area contributed by atoms with Crippen molar-refractivity contribution in [1.82, 2.24) is 5.32 Å². The zero-order valence-electron chi connectivity index (χ0n) is 9.07. The van der Waals surface area contributed by atoms with Crippen LogP contribution in [0, 0.1) is 29.1 Å². The minimum atomic E-state index is -2.33. The van der Waals surface area contributed by atoms with Crippen LogP contribution in [0.2, 0.25) is 0 Å². The minimum Gasteiger partial charge on any atom is -0.345 e. The maximum absolute atomic E-state index is 13.4. The van der Waals surface area contributed by atoms with Crippen molar-refractivity contribution in [2.24, 2.45) is 0 Å². The fraction of sp³-hybridized carbons (Fsp3) is 0.200. The van der Waals surface area contributed by atoms with Crippen molar-refractivity contribution in [3.05, 3.63) is 29.1 Å². The van der Waals surface area contributed by atoms with Crippen molar-refractivity contribution in [3.63, 3.8) is 0 Å². The molecule has 1 aromatic rings. The average Bonchev–Trinajstić information content (AvgIpc) is 2.38. The Hall–Kier alpha value is -2.19. The highest BCUT2D eigenvalue weighted by Gasteiger charge is 2.34. The summed E-state index contributed by atoms with van der Waals surface area (Å²) < 4.78 is 65.7. The topological polar surface area (TPSA) is 49.4 Å². The van der Waals surface area contributed by atoms with Gasteiger partial charge in [-0.25, -0.2) is 22.0 Å². The smallest absolute Gasteiger partial charge is 0.247 e. The molecule has 0 atom stereocenters. The first kappa shape index (κ1) is 13.2. The quantitative estimate of drug-likeness (QED) is 0.471. The summed E-state index contributed by atoms with van der Waals surface area (Å²) in [6.45, 7) is -1.41. The summed E-state index contributed by atoms with van der Waals surface area (Å²) in [5, 5.41) is 2.07. The standard InChI is InChI=1S/C10H5F5N2O2/c11-5-6(12)8(14)10(9(15)7(5)13)17-2-3(18)16-1-4(17)19/h1-2H2,(H,16,18). The Morgan fingerprint density at radius 1 is 0.842 bits per heavy atom. The Bertz CT molecular complexity index is 561. The van der Waals surface area contributed by atoms with E-state index in [-0.39, 0.29) is 4.90 Å². The van der Waals surface area contributed by atoms with Gasteiger partial charge in [0, 0.05) is 0 Å². The minimum absolute atomic E-state index is 0.217. The van der Waals surface area contributed by atoms with Crippen LogP contribution >= 0.6 is 0 Å². The molecule has 1 aromatic carbocycles. The number of nitrogens with one attached hydrogen (secondary N) is 1. The number of halogens is 5. The molecule has 1 aliphatic rings. The molecule has 0 aliphatic carbocycles. The first-order valence-electron chi connectivity index (χ1n) is 4.93. The average molecular weight is 280 g/mol. The highest BCUT2D eigenvalue weighted by atomic mass is 19.2. The third kappa shape index (κ3) is 2.00. The van der Waals surface area contributed by atoms with E-state index in [4.69, 9.17) is 0 Å². The lowest BCUT2D eigenvalue weighted by Gasteiger charge is -2.27. The lowest BCUT2D eigenvalue weighted by molar-refractivity contribution is -0.128. The van der Waals surface area contributed by atoms with Gasteiger partial charge in [0.2, 0.25) is 17.6 Å². The van der Waals surface area contributed by atoms with Crippen LogP contribution in [-0.4, -0.2) is 24.9 Å². The van der Waals surface area contributed by atoms with Gasteiger partial charge in [0.25, 0.3) is 0 Å². The third-order valence-corrected chi connectivity index (χ3v) is 2.50. The van der Waals surface area contributed by atoms with Gasteiger partial charge >= 0.3 is 0 Å². The number of amides is 2.